The summed E-state index contributed by atoms with van der Waals surface area (Å²) < 4.78 is 13.7. The first-order valence-electron chi connectivity index (χ1n) is 7.57. The van der Waals surface area contributed by atoms with Crippen LogP contribution in [-0.2, 0) is 0 Å². The topological polar surface area (TPSA) is 58.0 Å². The number of aliphatic hydroxyl groups is 1. The van der Waals surface area contributed by atoms with E-state index in [-0.39, 0.29) is 11.9 Å². The van der Waals surface area contributed by atoms with Gasteiger partial charge in [-0.3, -0.25) is 0 Å². The molecule has 1 aromatic heterocycles. The van der Waals surface area contributed by atoms with E-state index >= 15 is 0 Å². The molecule has 1 saturated carbocycles. The maximum absolute atomic E-state index is 13.7. The molecule has 0 aliphatic heterocycles. The molecular weight excluding hydrogens is 269 g/mol. The molecule has 1 heterocycles. The van der Waals surface area contributed by atoms with Gasteiger partial charge in [-0.25, -0.2) is 14.4 Å². The van der Waals surface area contributed by atoms with E-state index in [4.69, 9.17) is 0 Å². The maximum atomic E-state index is 13.7. The van der Waals surface area contributed by atoms with E-state index in [2.05, 4.69) is 15.3 Å². The summed E-state index contributed by atoms with van der Waals surface area (Å²) in [5, 5.41) is 14.1. The Kier molecular flexibility index (Phi) is 4.29. The van der Waals surface area contributed by atoms with E-state index in [1.807, 2.05) is 0 Å². The molecule has 21 heavy (non-hydrogen) atoms. The molecule has 0 amide bonds. The average Bonchev–Trinajstić information content (AvgIpc) is 2.54. The molecule has 3 rings (SSSR count). The lowest BCUT2D eigenvalue weighted by Crippen LogP contribution is -2.30. The van der Waals surface area contributed by atoms with Gasteiger partial charge in [0, 0.05) is 11.9 Å². The zero-order valence-corrected chi connectivity index (χ0v) is 11.9. The lowest BCUT2D eigenvalue weighted by molar-refractivity contribution is 0.0956. The number of nitrogens with one attached hydrogen (secondary N) is 1. The summed E-state index contributed by atoms with van der Waals surface area (Å²) in [6.45, 7) is 0.438. The van der Waals surface area contributed by atoms with Gasteiger partial charge in [-0.15, -0.1) is 0 Å². The van der Waals surface area contributed by atoms with Crippen LogP contribution < -0.4 is 5.32 Å². The third kappa shape index (κ3) is 3.13. The number of para-hydroxylation sites is 1. The smallest absolute Gasteiger partial charge is 0.149 e. The fourth-order valence-electron chi connectivity index (χ4n) is 3.08. The summed E-state index contributed by atoms with van der Waals surface area (Å²) in [6, 6.07) is 4.81. The Bertz CT molecular complexity index is 613. The van der Waals surface area contributed by atoms with Gasteiger partial charge in [0.15, 0.2) is 0 Å². The van der Waals surface area contributed by atoms with Crippen molar-refractivity contribution in [1.29, 1.82) is 0 Å². The number of benzene rings is 1. The molecule has 5 heteroatoms. The highest BCUT2D eigenvalue weighted by molar-refractivity contribution is 5.89. The Hall–Kier alpha value is -1.75. The van der Waals surface area contributed by atoms with Gasteiger partial charge in [0.25, 0.3) is 0 Å². The number of anilines is 1. The Morgan fingerprint density at radius 1 is 1.24 bits per heavy atom. The number of halogens is 1. The van der Waals surface area contributed by atoms with Gasteiger partial charge in [-0.1, -0.05) is 25.3 Å². The second kappa shape index (κ2) is 6.35. The van der Waals surface area contributed by atoms with Gasteiger partial charge in [-0.2, -0.15) is 0 Å². The molecule has 1 fully saturated rings. The van der Waals surface area contributed by atoms with Crippen LogP contribution in [0.15, 0.2) is 24.5 Å². The lowest BCUT2D eigenvalue weighted by atomic mass is 9.85. The molecule has 2 aromatic rings. The predicted octanol–water partition coefficient (Wildman–Crippen LogP) is 3.12. The molecule has 1 atom stereocenters. The molecule has 1 aliphatic carbocycles. The number of fused-ring (bicyclic) bond motifs is 1. The minimum Gasteiger partial charge on any atom is -0.391 e. The molecular formula is C16H20FN3O. The van der Waals surface area contributed by atoms with Crippen molar-refractivity contribution in [1.82, 2.24) is 9.97 Å². The third-order valence-electron chi connectivity index (χ3n) is 4.29. The highest BCUT2D eigenvalue weighted by atomic mass is 19.1. The summed E-state index contributed by atoms with van der Waals surface area (Å²) in [5.41, 5.74) is 0.308. The van der Waals surface area contributed by atoms with Crippen LogP contribution in [0.1, 0.15) is 32.1 Å². The van der Waals surface area contributed by atoms with Crippen molar-refractivity contribution >= 4 is 16.7 Å². The van der Waals surface area contributed by atoms with Crippen molar-refractivity contribution in [2.24, 2.45) is 5.92 Å². The van der Waals surface area contributed by atoms with Gasteiger partial charge in [0.05, 0.1) is 6.10 Å². The van der Waals surface area contributed by atoms with Gasteiger partial charge in [0.2, 0.25) is 0 Å². The van der Waals surface area contributed by atoms with Crippen molar-refractivity contribution in [3.8, 4) is 0 Å². The van der Waals surface area contributed by atoms with Crippen LogP contribution in [0.4, 0.5) is 10.2 Å². The van der Waals surface area contributed by atoms with E-state index in [1.165, 1.54) is 31.7 Å². The number of nitrogens with zero attached hydrogens (tertiary/aromatic N) is 2. The Morgan fingerprint density at radius 2 is 2.05 bits per heavy atom. The van der Waals surface area contributed by atoms with Crippen LogP contribution in [0.2, 0.25) is 0 Å². The molecule has 0 saturated heterocycles. The minimum absolute atomic E-state index is 0.308. The summed E-state index contributed by atoms with van der Waals surface area (Å²) in [7, 11) is 0. The van der Waals surface area contributed by atoms with Gasteiger partial charge in [0.1, 0.15) is 23.5 Å². The minimum atomic E-state index is -0.385. The fraction of sp³-hybridized carbons (Fsp3) is 0.500. The van der Waals surface area contributed by atoms with E-state index in [1.54, 1.807) is 12.1 Å². The summed E-state index contributed by atoms with van der Waals surface area (Å²) in [6.07, 6.45) is 6.80. The molecule has 0 spiro atoms. The van der Waals surface area contributed by atoms with Crippen LogP contribution in [0, 0.1) is 11.7 Å². The molecule has 1 aliphatic rings. The number of rotatable bonds is 4. The Morgan fingerprint density at radius 3 is 2.86 bits per heavy atom. The quantitative estimate of drug-likeness (QED) is 0.908. The standard InChI is InChI=1S/C16H20FN3O/c17-13-8-4-7-12-15(13)19-10-20-16(12)18-9-14(21)11-5-2-1-3-6-11/h4,7-8,10-11,14,21H,1-3,5-6,9H2,(H,18,19,20). The van der Waals surface area contributed by atoms with E-state index < -0.39 is 0 Å². The second-order valence-corrected chi connectivity index (χ2v) is 5.70. The molecule has 0 bridgehead atoms. The molecule has 0 radical (unpaired) electrons. The molecule has 1 unspecified atom stereocenters. The number of aromatic nitrogens is 2. The van der Waals surface area contributed by atoms with Crippen LogP contribution in [0.3, 0.4) is 0 Å². The molecule has 2 N–H and O–H groups in total. The van der Waals surface area contributed by atoms with Crippen molar-refractivity contribution in [3.63, 3.8) is 0 Å². The molecule has 4 nitrogen and oxygen atoms in total. The predicted molar refractivity (Wildman–Crippen MR) is 80.6 cm³/mol. The maximum Gasteiger partial charge on any atom is 0.149 e. The number of hydrogen-bond acceptors (Lipinski definition) is 4. The van der Waals surface area contributed by atoms with Crippen LogP contribution >= 0.6 is 0 Å². The Labute approximate surface area is 123 Å². The summed E-state index contributed by atoms with van der Waals surface area (Å²) >= 11 is 0. The van der Waals surface area contributed by atoms with Gasteiger partial charge >= 0.3 is 0 Å². The van der Waals surface area contributed by atoms with Gasteiger partial charge in [-0.05, 0) is 30.9 Å². The van der Waals surface area contributed by atoms with Crippen molar-refractivity contribution < 1.29 is 9.50 Å². The third-order valence-corrected chi connectivity index (χ3v) is 4.29. The van der Waals surface area contributed by atoms with Crippen LogP contribution in [0.5, 0.6) is 0 Å². The first-order chi connectivity index (χ1) is 10.3. The summed E-state index contributed by atoms with van der Waals surface area (Å²) in [5.74, 6) is 0.580. The lowest BCUT2D eigenvalue weighted by Gasteiger charge is -2.26. The fourth-order valence-corrected chi connectivity index (χ4v) is 3.08. The highest BCUT2D eigenvalue weighted by Gasteiger charge is 2.21. The molecule has 112 valence electrons. The van der Waals surface area contributed by atoms with Gasteiger partial charge < -0.3 is 10.4 Å². The Balaban J connectivity index is 1.71. The number of hydrogen-bond donors (Lipinski definition) is 2. The van der Waals surface area contributed by atoms with Crippen molar-refractivity contribution in [2.75, 3.05) is 11.9 Å². The largest absolute Gasteiger partial charge is 0.391 e. The zero-order chi connectivity index (χ0) is 14.7. The first kappa shape index (κ1) is 14.2. The molecule has 1 aromatic carbocycles. The SMILES string of the molecule is OC(CNc1ncnc2c(F)cccc12)C1CCCCC1. The van der Waals surface area contributed by atoms with Crippen molar-refractivity contribution in [2.45, 2.75) is 38.2 Å². The second-order valence-electron chi connectivity index (χ2n) is 5.70. The van der Waals surface area contributed by atoms with Crippen LogP contribution in [0.25, 0.3) is 10.9 Å². The van der Waals surface area contributed by atoms with E-state index in [9.17, 15) is 9.50 Å². The zero-order valence-electron chi connectivity index (χ0n) is 11.9. The van der Waals surface area contributed by atoms with E-state index in [0.717, 1.165) is 12.8 Å². The normalized spacial score (nSPS) is 17.8. The van der Waals surface area contributed by atoms with E-state index in [0.29, 0.717) is 29.2 Å². The highest BCUT2D eigenvalue weighted by Crippen LogP contribution is 2.27. The monoisotopic (exact) mass is 289 g/mol. The summed E-state index contributed by atoms with van der Waals surface area (Å²) in [4.78, 5) is 8.13. The number of aliphatic hydroxyl groups excluding tert-OH is 1. The average molecular weight is 289 g/mol. The first-order valence-corrected chi connectivity index (χ1v) is 7.57. The van der Waals surface area contributed by atoms with Crippen LogP contribution in [-0.4, -0.2) is 27.7 Å². The van der Waals surface area contributed by atoms with Crippen molar-refractivity contribution in [3.05, 3.63) is 30.3 Å².